The molecule has 0 radical (unpaired) electrons. The number of phenolic OH excluding ortho intramolecular Hbond substituents is 1. The molecule has 0 aliphatic carbocycles. The topological polar surface area (TPSA) is 66.8 Å². The average Bonchev–Trinajstić information content (AvgIpc) is 2.01. The average molecular weight is 196 g/mol. The van der Waals surface area contributed by atoms with Gasteiger partial charge in [-0.15, -0.1) is 0 Å². The van der Waals surface area contributed by atoms with Gasteiger partial charge in [-0.05, 0) is 26.0 Å². The van der Waals surface area contributed by atoms with Crippen LogP contribution in [-0.4, -0.2) is 22.3 Å². The first kappa shape index (κ1) is 10.5. The van der Waals surface area contributed by atoms with E-state index in [2.05, 4.69) is 0 Å². The van der Waals surface area contributed by atoms with Gasteiger partial charge in [0.25, 0.3) is 0 Å². The second kappa shape index (κ2) is 4.11. The first-order valence-corrected chi connectivity index (χ1v) is 4.19. The van der Waals surface area contributed by atoms with Gasteiger partial charge in [-0.1, -0.05) is 0 Å². The summed E-state index contributed by atoms with van der Waals surface area (Å²) in [5.41, 5.74) is 0.337. The number of rotatable bonds is 3. The van der Waals surface area contributed by atoms with E-state index in [1.54, 1.807) is 0 Å². The molecule has 0 fully saturated rings. The molecule has 0 saturated carbocycles. The summed E-state index contributed by atoms with van der Waals surface area (Å²) in [5.74, 6) is -0.00111. The Hall–Kier alpha value is -1.55. The van der Waals surface area contributed by atoms with Gasteiger partial charge < -0.3 is 14.9 Å². The maximum atomic E-state index is 11.1. The van der Waals surface area contributed by atoms with Gasteiger partial charge in [0.2, 0.25) is 0 Å². The molecule has 4 nitrogen and oxygen atoms in total. The zero-order valence-electron chi connectivity index (χ0n) is 8.02. The van der Waals surface area contributed by atoms with Crippen molar-refractivity contribution >= 4 is 5.78 Å². The van der Waals surface area contributed by atoms with Crippen LogP contribution in [-0.2, 0) is 0 Å². The van der Waals surface area contributed by atoms with Crippen molar-refractivity contribution in [3.05, 3.63) is 23.8 Å². The lowest BCUT2D eigenvalue weighted by atomic mass is 10.1. The van der Waals surface area contributed by atoms with Crippen molar-refractivity contribution in [1.29, 1.82) is 0 Å². The lowest BCUT2D eigenvalue weighted by Crippen LogP contribution is -2.11. The molecule has 14 heavy (non-hydrogen) atoms. The normalized spacial score (nSPS) is 12.2. The molecule has 0 saturated heterocycles. The SMILES string of the molecule is CC(=O)c1ccc(O)cc1OC(C)O. The van der Waals surface area contributed by atoms with E-state index in [1.807, 2.05) is 0 Å². The van der Waals surface area contributed by atoms with E-state index in [0.717, 1.165) is 0 Å². The van der Waals surface area contributed by atoms with Crippen LogP contribution in [0.3, 0.4) is 0 Å². The van der Waals surface area contributed by atoms with Gasteiger partial charge in [0.1, 0.15) is 11.5 Å². The monoisotopic (exact) mass is 196 g/mol. The summed E-state index contributed by atoms with van der Waals surface area (Å²) >= 11 is 0. The molecule has 1 aromatic rings. The van der Waals surface area contributed by atoms with E-state index in [-0.39, 0.29) is 17.3 Å². The Bertz CT molecular complexity index is 344. The number of Topliss-reactive ketones (excluding diaryl/α,β-unsaturated/α-hetero) is 1. The molecule has 1 atom stereocenters. The fourth-order valence-corrected chi connectivity index (χ4v) is 1.08. The summed E-state index contributed by atoms with van der Waals surface area (Å²) in [5, 5.41) is 18.1. The van der Waals surface area contributed by atoms with Gasteiger partial charge in [0.15, 0.2) is 12.1 Å². The molecule has 1 aromatic carbocycles. The van der Waals surface area contributed by atoms with Gasteiger partial charge in [-0.2, -0.15) is 0 Å². The van der Waals surface area contributed by atoms with Gasteiger partial charge in [0.05, 0.1) is 5.56 Å². The Morgan fingerprint density at radius 3 is 2.64 bits per heavy atom. The van der Waals surface area contributed by atoms with Crippen LogP contribution < -0.4 is 4.74 Å². The number of aliphatic hydroxyl groups excluding tert-OH is 1. The third kappa shape index (κ3) is 2.47. The molecule has 76 valence electrons. The van der Waals surface area contributed by atoms with Crippen molar-refractivity contribution in [3.8, 4) is 11.5 Å². The zero-order valence-corrected chi connectivity index (χ0v) is 8.02. The highest BCUT2D eigenvalue weighted by atomic mass is 16.6. The predicted molar refractivity (Wildman–Crippen MR) is 50.4 cm³/mol. The van der Waals surface area contributed by atoms with Crippen LogP contribution >= 0.6 is 0 Å². The number of carbonyl (C=O) groups is 1. The smallest absolute Gasteiger partial charge is 0.194 e. The van der Waals surface area contributed by atoms with Crippen molar-refractivity contribution in [2.24, 2.45) is 0 Å². The zero-order chi connectivity index (χ0) is 10.7. The Morgan fingerprint density at radius 1 is 1.50 bits per heavy atom. The number of aliphatic hydroxyl groups is 1. The van der Waals surface area contributed by atoms with Crippen molar-refractivity contribution in [2.45, 2.75) is 20.1 Å². The van der Waals surface area contributed by atoms with Crippen molar-refractivity contribution in [2.75, 3.05) is 0 Å². The van der Waals surface area contributed by atoms with Crippen LogP contribution in [0.4, 0.5) is 0 Å². The third-order valence-corrected chi connectivity index (χ3v) is 1.64. The molecular weight excluding hydrogens is 184 g/mol. The van der Waals surface area contributed by atoms with Crippen LogP contribution in [0.2, 0.25) is 0 Å². The van der Waals surface area contributed by atoms with Gasteiger partial charge in [-0.25, -0.2) is 0 Å². The summed E-state index contributed by atoms with van der Waals surface area (Å²) in [4.78, 5) is 11.1. The molecule has 0 heterocycles. The van der Waals surface area contributed by atoms with E-state index in [1.165, 1.54) is 32.0 Å². The van der Waals surface area contributed by atoms with E-state index < -0.39 is 6.29 Å². The number of phenols is 1. The number of ketones is 1. The fraction of sp³-hybridized carbons (Fsp3) is 0.300. The summed E-state index contributed by atoms with van der Waals surface area (Å²) in [6.45, 7) is 2.81. The minimum absolute atomic E-state index is 0.00866. The minimum Gasteiger partial charge on any atom is -0.508 e. The highest BCUT2D eigenvalue weighted by Crippen LogP contribution is 2.25. The number of hydrogen-bond donors (Lipinski definition) is 2. The third-order valence-electron chi connectivity index (χ3n) is 1.64. The number of benzene rings is 1. The summed E-state index contributed by atoms with van der Waals surface area (Å²) in [6, 6.07) is 4.14. The number of hydrogen-bond acceptors (Lipinski definition) is 4. The molecule has 0 aliphatic heterocycles. The van der Waals surface area contributed by atoms with E-state index in [9.17, 15) is 4.79 Å². The Balaban J connectivity index is 3.09. The molecule has 0 spiro atoms. The molecule has 0 aliphatic rings. The number of aromatic hydroxyl groups is 1. The molecule has 1 unspecified atom stereocenters. The molecule has 1 rings (SSSR count). The predicted octanol–water partition coefficient (Wildman–Crippen LogP) is 1.31. The maximum absolute atomic E-state index is 11.1. The fourth-order valence-electron chi connectivity index (χ4n) is 1.08. The van der Waals surface area contributed by atoms with Crippen molar-refractivity contribution in [1.82, 2.24) is 0 Å². The standard InChI is InChI=1S/C10H12O4/c1-6(11)9-4-3-8(13)5-10(9)14-7(2)12/h3-5,7,12-13H,1-2H3. The second-order valence-electron chi connectivity index (χ2n) is 2.95. The number of ether oxygens (including phenoxy) is 1. The van der Waals surface area contributed by atoms with Crippen LogP contribution in [0.1, 0.15) is 24.2 Å². The molecule has 0 aromatic heterocycles. The van der Waals surface area contributed by atoms with Crippen molar-refractivity contribution < 1.29 is 19.7 Å². The van der Waals surface area contributed by atoms with Crippen LogP contribution in [0, 0.1) is 0 Å². The van der Waals surface area contributed by atoms with Crippen LogP contribution in [0.15, 0.2) is 18.2 Å². The van der Waals surface area contributed by atoms with E-state index in [0.29, 0.717) is 5.56 Å². The molecule has 0 amide bonds. The summed E-state index contributed by atoms with van der Waals surface area (Å²) in [7, 11) is 0. The minimum atomic E-state index is -1.02. The highest BCUT2D eigenvalue weighted by Gasteiger charge is 2.10. The largest absolute Gasteiger partial charge is 0.508 e. The second-order valence-corrected chi connectivity index (χ2v) is 2.95. The Labute approximate surface area is 81.8 Å². The van der Waals surface area contributed by atoms with Crippen LogP contribution in [0.25, 0.3) is 0 Å². The Kier molecular flexibility index (Phi) is 3.09. The lowest BCUT2D eigenvalue weighted by molar-refractivity contribution is -0.000840. The highest BCUT2D eigenvalue weighted by molar-refractivity contribution is 5.97. The Morgan fingerprint density at radius 2 is 2.14 bits per heavy atom. The van der Waals surface area contributed by atoms with Crippen LogP contribution in [0.5, 0.6) is 11.5 Å². The lowest BCUT2D eigenvalue weighted by Gasteiger charge is -2.11. The van der Waals surface area contributed by atoms with E-state index >= 15 is 0 Å². The molecular formula is C10H12O4. The first-order valence-electron chi connectivity index (χ1n) is 4.19. The first-order chi connectivity index (χ1) is 6.50. The molecule has 2 N–H and O–H groups in total. The quantitative estimate of drug-likeness (QED) is 0.565. The van der Waals surface area contributed by atoms with Crippen molar-refractivity contribution in [3.63, 3.8) is 0 Å². The summed E-state index contributed by atoms with van der Waals surface area (Å²) < 4.78 is 4.96. The number of carbonyl (C=O) groups excluding carboxylic acids is 1. The maximum Gasteiger partial charge on any atom is 0.194 e. The van der Waals surface area contributed by atoms with Gasteiger partial charge in [0, 0.05) is 6.07 Å². The van der Waals surface area contributed by atoms with E-state index in [4.69, 9.17) is 14.9 Å². The van der Waals surface area contributed by atoms with Gasteiger partial charge >= 0.3 is 0 Å². The van der Waals surface area contributed by atoms with Gasteiger partial charge in [-0.3, -0.25) is 4.79 Å². The summed E-state index contributed by atoms with van der Waals surface area (Å²) in [6.07, 6.45) is -1.02. The molecule has 0 bridgehead atoms. The molecule has 4 heteroatoms.